The predicted molar refractivity (Wildman–Crippen MR) is 119 cm³/mol. The Balaban J connectivity index is 1.82. The molecule has 1 aliphatic heterocycles. The number of hydrogen-bond donors (Lipinski definition) is 1. The van der Waals surface area contributed by atoms with Crippen molar-refractivity contribution in [3.63, 3.8) is 0 Å². The van der Waals surface area contributed by atoms with Gasteiger partial charge in [-0.05, 0) is 29.3 Å². The van der Waals surface area contributed by atoms with Gasteiger partial charge in [0.05, 0.1) is 19.8 Å². The summed E-state index contributed by atoms with van der Waals surface area (Å²) in [7, 11) is 1.64. The van der Waals surface area contributed by atoms with Crippen LogP contribution in [0.2, 0.25) is 0 Å². The molecule has 0 saturated carbocycles. The van der Waals surface area contributed by atoms with Gasteiger partial charge in [0.1, 0.15) is 5.75 Å². The molecule has 2 aromatic carbocycles. The molecule has 1 aliphatic rings. The summed E-state index contributed by atoms with van der Waals surface area (Å²) in [5.41, 5.74) is 3.14. The second kappa shape index (κ2) is 10.7. The average molecular weight is 407 g/mol. The number of aliphatic hydroxyl groups excluding tert-OH is 1. The number of carbonyl (C=O) groups excluding carboxylic acids is 1. The average Bonchev–Trinajstić information content (AvgIpc) is 2.75. The monoisotopic (exact) mass is 406 g/mol. The molecule has 0 saturated heterocycles. The number of carbonyl (C=O) groups is 1. The molecule has 1 amide bonds. The molecule has 5 nitrogen and oxygen atoms in total. The zero-order valence-electron chi connectivity index (χ0n) is 17.8. The van der Waals surface area contributed by atoms with Crippen LogP contribution in [0.4, 0.5) is 5.69 Å². The molecule has 0 radical (unpaired) electrons. The Labute approximate surface area is 179 Å². The van der Waals surface area contributed by atoms with Crippen molar-refractivity contribution in [3.8, 4) is 17.6 Å². The Hall–Kier alpha value is -2.97. The molecule has 3 rings (SSSR count). The van der Waals surface area contributed by atoms with Crippen LogP contribution in [0.3, 0.4) is 0 Å². The smallest absolute Gasteiger partial charge is 0.225 e. The van der Waals surface area contributed by atoms with Crippen LogP contribution in [0.5, 0.6) is 5.75 Å². The number of methoxy groups -OCH3 is 1. The van der Waals surface area contributed by atoms with Crippen LogP contribution in [0.25, 0.3) is 0 Å². The number of rotatable bonds is 6. The topological polar surface area (TPSA) is 53.0 Å². The normalized spacial score (nSPS) is 14.8. The standard InChI is InChI=1S/C25H30N2O3/c1-3-4-8-14-27-18-21-17-23(30-2)11-12-24(21)26(15-13-25(27)29)19-22(28)16-20-9-6-5-7-10-20/h5-7,9-12,17,22,28H,3,13-16,18-19H2,1-2H3. The van der Waals surface area contributed by atoms with Gasteiger partial charge >= 0.3 is 0 Å². The Morgan fingerprint density at radius 2 is 1.93 bits per heavy atom. The zero-order chi connectivity index (χ0) is 21.3. The summed E-state index contributed by atoms with van der Waals surface area (Å²) in [5.74, 6) is 6.96. The number of amides is 1. The van der Waals surface area contributed by atoms with E-state index in [1.807, 2.05) is 55.5 Å². The van der Waals surface area contributed by atoms with Crippen LogP contribution < -0.4 is 9.64 Å². The lowest BCUT2D eigenvalue weighted by Crippen LogP contribution is -2.41. The molecule has 2 aromatic rings. The largest absolute Gasteiger partial charge is 0.497 e. The number of ether oxygens (including phenoxy) is 1. The van der Waals surface area contributed by atoms with E-state index in [1.54, 1.807) is 12.0 Å². The highest BCUT2D eigenvalue weighted by molar-refractivity contribution is 5.78. The van der Waals surface area contributed by atoms with Gasteiger partial charge in [0, 0.05) is 44.6 Å². The van der Waals surface area contributed by atoms with Crippen molar-refractivity contribution in [2.45, 2.75) is 38.8 Å². The molecular formula is C25H30N2O3. The molecule has 5 heteroatoms. The van der Waals surface area contributed by atoms with Crippen molar-refractivity contribution >= 4 is 11.6 Å². The summed E-state index contributed by atoms with van der Waals surface area (Å²) in [5, 5.41) is 10.7. The Morgan fingerprint density at radius 3 is 2.67 bits per heavy atom. The number of aliphatic hydroxyl groups is 1. The van der Waals surface area contributed by atoms with Crippen LogP contribution in [-0.4, -0.2) is 48.8 Å². The van der Waals surface area contributed by atoms with Crippen molar-refractivity contribution in [2.75, 3.05) is 31.6 Å². The van der Waals surface area contributed by atoms with Gasteiger partial charge in [-0.1, -0.05) is 43.2 Å². The van der Waals surface area contributed by atoms with Gasteiger partial charge in [-0.2, -0.15) is 0 Å². The van der Waals surface area contributed by atoms with Crippen molar-refractivity contribution < 1.29 is 14.6 Å². The Bertz CT molecular complexity index is 902. The second-order valence-electron chi connectivity index (χ2n) is 7.49. The van der Waals surface area contributed by atoms with Crippen molar-refractivity contribution in [1.82, 2.24) is 4.90 Å². The van der Waals surface area contributed by atoms with E-state index in [4.69, 9.17) is 4.74 Å². The fourth-order valence-electron chi connectivity index (χ4n) is 3.74. The molecule has 1 heterocycles. The van der Waals surface area contributed by atoms with Crippen LogP contribution >= 0.6 is 0 Å². The SMILES string of the molecule is CCC#CCN1Cc2cc(OC)ccc2N(CC(O)Cc2ccccc2)CCC1=O. The van der Waals surface area contributed by atoms with Crippen molar-refractivity contribution in [2.24, 2.45) is 0 Å². The Morgan fingerprint density at radius 1 is 1.13 bits per heavy atom. The van der Waals surface area contributed by atoms with Crippen LogP contribution in [0, 0.1) is 11.8 Å². The van der Waals surface area contributed by atoms with E-state index in [0.29, 0.717) is 39.0 Å². The minimum atomic E-state index is -0.525. The third kappa shape index (κ3) is 5.77. The first-order valence-corrected chi connectivity index (χ1v) is 10.5. The summed E-state index contributed by atoms with van der Waals surface area (Å²) in [6.07, 6.45) is 1.23. The Kier molecular flexibility index (Phi) is 7.75. The van der Waals surface area contributed by atoms with Gasteiger partial charge in [0.25, 0.3) is 0 Å². The van der Waals surface area contributed by atoms with Crippen LogP contribution in [0.1, 0.15) is 30.9 Å². The van der Waals surface area contributed by atoms with Crippen molar-refractivity contribution in [3.05, 3.63) is 59.7 Å². The summed E-state index contributed by atoms with van der Waals surface area (Å²) < 4.78 is 5.41. The number of nitrogens with zero attached hydrogens (tertiary/aromatic N) is 2. The van der Waals surface area contributed by atoms with Gasteiger partial charge in [-0.15, -0.1) is 5.92 Å². The lowest BCUT2D eigenvalue weighted by Gasteiger charge is -2.34. The number of hydrogen-bond acceptors (Lipinski definition) is 4. The highest BCUT2D eigenvalue weighted by atomic mass is 16.5. The lowest BCUT2D eigenvalue weighted by atomic mass is 10.0. The van der Waals surface area contributed by atoms with Crippen LogP contribution in [0.15, 0.2) is 48.5 Å². The first-order chi connectivity index (χ1) is 14.6. The molecule has 0 bridgehead atoms. The van der Waals surface area contributed by atoms with Gasteiger partial charge in [0.2, 0.25) is 5.91 Å². The molecule has 0 fully saturated rings. The summed E-state index contributed by atoms with van der Waals surface area (Å²) >= 11 is 0. The van der Waals surface area contributed by atoms with Gasteiger partial charge in [0.15, 0.2) is 0 Å². The molecule has 0 spiro atoms. The molecule has 1 unspecified atom stereocenters. The number of fused-ring (bicyclic) bond motifs is 1. The van der Waals surface area contributed by atoms with Crippen LogP contribution in [-0.2, 0) is 17.8 Å². The quantitative estimate of drug-likeness (QED) is 0.749. The third-order valence-electron chi connectivity index (χ3n) is 5.25. The van der Waals surface area contributed by atoms with E-state index in [2.05, 4.69) is 16.7 Å². The minimum absolute atomic E-state index is 0.0800. The number of benzene rings is 2. The maximum Gasteiger partial charge on any atom is 0.225 e. The minimum Gasteiger partial charge on any atom is -0.497 e. The molecule has 158 valence electrons. The van der Waals surface area contributed by atoms with Gasteiger partial charge in [-0.3, -0.25) is 4.79 Å². The van der Waals surface area contributed by atoms with E-state index < -0.39 is 6.10 Å². The van der Waals surface area contributed by atoms with Gasteiger partial charge < -0.3 is 19.6 Å². The third-order valence-corrected chi connectivity index (χ3v) is 5.25. The lowest BCUT2D eigenvalue weighted by molar-refractivity contribution is -0.131. The molecule has 0 aromatic heterocycles. The number of β-amino-alcohol motifs (C(OH)–C–C–N with tert-alkyl or cyclic N) is 1. The number of anilines is 1. The van der Waals surface area contributed by atoms with E-state index in [0.717, 1.165) is 29.0 Å². The summed E-state index contributed by atoms with van der Waals surface area (Å²) in [6.45, 7) is 3.94. The fourth-order valence-corrected chi connectivity index (χ4v) is 3.74. The van der Waals surface area contributed by atoms with E-state index >= 15 is 0 Å². The van der Waals surface area contributed by atoms with E-state index in [1.165, 1.54) is 0 Å². The molecule has 1 N–H and O–H groups in total. The predicted octanol–water partition coefficient (Wildman–Crippen LogP) is 3.25. The molecule has 1 atom stereocenters. The maximum absolute atomic E-state index is 12.8. The molecule has 0 aliphatic carbocycles. The summed E-state index contributed by atoms with van der Waals surface area (Å²) in [4.78, 5) is 16.7. The van der Waals surface area contributed by atoms with E-state index in [-0.39, 0.29) is 5.91 Å². The molecular weight excluding hydrogens is 376 g/mol. The first-order valence-electron chi connectivity index (χ1n) is 10.5. The van der Waals surface area contributed by atoms with Crippen molar-refractivity contribution in [1.29, 1.82) is 0 Å². The molecule has 30 heavy (non-hydrogen) atoms. The highest BCUT2D eigenvalue weighted by Gasteiger charge is 2.24. The maximum atomic E-state index is 12.8. The highest BCUT2D eigenvalue weighted by Crippen LogP contribution is 2.29. The zero-order valence-corrected chi connectivity index (χ0v) is 17.8. The fraction of sp³-hybridized carbons (Fsp3) is 0.400. The van der Waals surface area contributed by atoms with E-state index in [9.17, 15) is 9.90 Å². The summed E-state index contributed by atoms with van der Waals surface area (Å²) in [6, 6.07) is 15.9. The van der Waals surface area contributed by atoms with Gasteiger partial charge in [-0.25, -0.2) is 0 Å². The second-order valence-corrected chi connectivity index (χ2v) is 7.49. The first kappa shape index (κ1) is 21.7.